The monoisotopic (exact) mass is 595 g/mol. The van der Waals surface area contributed by atoms with Crippen molar-refractivity contribution < 1.29 is 4.79 Å². The highest BCUT2D eigenvalue weighted by atomic mass is 16.2. The largest absolute Gasteiger partial charge is 0.361 e. The number of aryl methyl sites for hydroxylation is 1. The van der Waals surface area contributed by atoms with Crippen LogP contribution in [0.4, 0.5) is 0 Å². The first-order chi connectivity index (χ1) is 21.3. The molecule has 1 aliphatic rings. The van der Waals surface area contributed by atoms with Gasteiger partial charge < -0.3 is 31.7 Å². The van der Waals surface area contributed by atoms with Crippen LogP contribution in [0.25, 0.3) is 21.7 Å². The Balaban J connectivity index is 0.000000688. The van der Waals surface area contributed by atoms with Crippen LogP contribution < -0.4 is 16.4 Å². The first-order valence-electron chi connectivity index (χ1n) is 15.4. The van der Waals surface area contributed by atoms with Gasteiger partial charge in [0.1, 0.15) is 5.84 Å². The number of hydrogen-bond acceptors (Lipinski definition) is 5. The zero-order valence-electron chi connectivity index (χ0n) is 26.5. The van der Waals surface area contributed by atoms with Crippen LogP contribution in [0.2, 0.25) is 0 Å². The van der Waals surface area contributed by atoms with Gasteiger partial charge in [-0.15, -0.1) is 0 Å². The summed E-state index contributed by atoms with van der Waals surface area (Å²) >= 11 is 0. The Hall–Kier alpha value is -4.27. The number of aromatic amines is 1. The number of nitrogens with one attached hydrogen (secondary N) is 5. The van der Waals surface area contributed by atoms with E-state index < -0.39 is 5.54 Å². The molecule has 44 heavy (non-hydrogen) atoms. The third-order valence-corrected chi connectivity index (χ3v) is 8.11. The van der Waals surface area contributed by atoms with Crippen molar-refractivity contribution in [2.75, 3.05) is 26.2 Å². The summed E-state index contributed by atoms with van der Waals surface area (Å²) < 4.78 is 0. The third-order valence-electron chi connectivity index (χ3n) is 8.11. The Morgan fingerprint density at radius 2 is 1.64 bits per heavy atom. The fraction of sp³-hybridized carbons (Fsp3) is 0.361. The number of para-hydroxylation sites is 1. The molecule has 8 heteroatoms. The number of allylic oxidation sites excluding steroid dienone is 2. The highest BCUT2D eigenvalue weighted by Crippen LogP contribution is 2.22. The third kappa shape index (κ3) is 9.36. The highest BCUT2D eigenvalue weighted by molar-refractivity contribution is 5.91. The molecule has 234 valence electrons. The molecule has 0 bridgehead atoms. The van der Waals surface area contributed by atoms with Crippen LogP contribution in [0.1, 0.15) is 51.2 Å². The number of carbonyl (C=O) groups is 1. The Morgan fingerprint density at radius 1 is 1.00 bits per heavy atom. The van der Waals surface area contributed by atoms with Gasteiger partial charge in [0.05, 0.1) is 12.1 Å². The van der Waals surface area contributed by atoms with Crippen LogP contribution >= 0.6 is 0 Å². The maximum Gasteiger partial charge on any atom is 0.240 e. The van der Waals surface area contributed by atoms with Crippen LogP contribution in [0, 0.1) is 10.8 Å². The summed E-state index contributed by atoms with van der Waals surface area (Å²) in [6.45, 7) is 11.7. The van der Waals surface area contributed by atoms with E-state index in [1.165, 1.54) is 32.9 Å². The molecule has 1 fully saturated rings. The van der Waals surface area contributed by atoms with Crippen LogP contribution in [0.5, 0.6) is 0 Å². The number of fused-ring (bicyclic) bond motifs is 2. The van der Waals surface area contributed by atoms with E-state index in [0.717, 1.165) is 38.0 Å². The van der Waals surface area contributed by atoms with Crippen molar-refractivity contribution in [1.29, 1.82) is 10.8 Å². The van der Waals surface area contributed by atoms with Gasteiger partial charge in [-0.2, -0.15) is 0 Å². The van der Waals surface area contributed by atoms with Gasteiger partial charge in [-0.05, 0) is 94.2 Å². The van der Waals surface area contributed by atoms with Crippen LogP contribution in [-0.4, -0.2) is 60.1 Å². The number of nitrogens with two attached hydrogens (primary N) is 1. The van der Waals surface area contributed by atoms with Crippen LogP contribution in [-0.2, 0) is 17.8 Å². The van der Waals surface area contributed by atoms with E-state index in [1.807, 2.05) is 19.1 Å². The van der Waals surface area contributed by atoms with E-state index in [1.54, 1.807) is 0 Å². The quantitative estimate of drug-likeness (QED) is 0.0784. The minimum Gasteiger partial charge on any atom is -0.361 e. The number of benzene rings is 3. The van der Waals surface area contributed by atoms with Crippen molar-refractivity contribution in [3.63, 3.8) is 0 Å². The summed E-state index contributed by atoms with van der Waals surface area (Å²) in [5, 5.41) is 24.3. The molecule has 0 aliphatic carbocycles. The number of nitrogens with zero attached hydrogens (tertiary/aromatic N) is 1. The van der Waals surface area contributed by atoms with Gasteiger partial charge in [0, 0.05) is 30.2 Å². The predicted octanol–water partition coefficient (Wildman–Crippen LogP) is 6.17. The summed E-state index contributed by atoms with van der Waals surface area (Å²) in [5.74, 6) is 0.236. The lowest BCUT2D eigenvalue weighted by Gasteiger charge is -2.33. The number of piperidine rings is 1. The lowest BCUT2D eigenvalue weighted by Crippen LogP contribution is -2.59. The molecule has 0 unspecified atom stereocenters. The molecule has 0 spiro atoms. The van der Waals surface area contributed by atoms with E-state index in [9.17, 15) is 4.79 Å². The lowest BCUT2D eigenvalue weighted by atomic mass is 9.88. The van der Waals surface area contributed by atoms with Crippen molar-refractivity contribution in [2.24, 2.45) is 5.73 Å². The Morgan fingerprint density at radius 3 is 2.34 bits per heavy atom. The minimum absolute atomic E-state index is 0.164. The van der Waals surface area contributed by atoms with Gasteiger partial charge in [-0.25, -0.2) is 0 Å². The molecule has 0 saturated carbocycles. The second kappa shape index (κ2) is 17.1. The predicted molar refractivity (Wildman–Crippen MR) is 186 cm³/mol. The average Bonchev–Trinajstić information content (AvgIpc) is 3.47. The minimum atomic E-state index is -0.860. The molecule has 0 atom stereocenters. The molecule has 2 heterocycles. The van der Waals surface area contributed by atoms with Gasteiger partial charge in [0.25, 0.3) is 0 Å². The highest BCUT2D eigenvalue weighted by Gasteiger charge is 2.35. The Kier molecular flexibility index (Phi) is 13.3. The molecule has 7 N–H and O–H groups in total. The number of rotatable bonds is 9. The van der Waals surface area contributed by atoms with E-state index in [4.69, 9.17) is 16.6 Å². The second-order valence-electron chi connectivity index (χ2n) is 11.4. The number of H-pyrrole nitrogens is 1. The number of hydrogen-bond donors (Lipinski definition) is 6. The first kappa shape index (κ1) is 34.2. The summed E-state index contributed by atoms with van der Waals surface area (Å²) in [5.41, 5.74) is 10.5. The van der Waals surface area contributed by atoms with E-state index in [-0.39, 0.29) is 12.5 Å². The van der Waals surface area contributed by atoms with Crippen molar-refractivity contribution >= 4 is 40.1 Å². The number of amidine groups is 1. The topological polar surface area (TPSA) is 134 Å². The standard InChI is InChI=1S/C30H36N6O.C5H10.CH3N/c31-28(20-35-29(37)30(32)14-16-33-17-15-30)36(21-24-9-5-8-22-7-1-2-11-25(22)24)18-6-10-23-19-34-27-13-4-3-12-26(23)27;1-4-5(2)3;1-2/h1-5,7-9,11-13,19,31,33-34H,6,10,14-18,20-21,32H2,(H,35,37);4H,1-3H3;2H,1H2. The van der Waals surface area contributed by atoms with Crippen LogP contribution in [0.3, 0.4) is 0 Å². The van der Waals surface area contributed by atoms with E-state index in [2.05, 4.69) is 108 Å². The maximum absolute atomic E-state index is 12.9. The number of carbonyl (C=O) groups excluding carboxylic acids is 1. The first-order valence-corrected chi connectivity index (χ1v) is 15.4. The second-order valence-corrected chi connectivity index (χ2v) is 11.4. The van der Waals surface area contributed by atoms with Crippen molar-refractivity contribution in [2.45, 2.75) is 58.5 Å². The Labute approximate surface area is 262 Å². The molecule has 3 aromatic carbocycles. The smallest absolute Gasteiger partial charge is 0.240 e. The van der Waals surface area contributed by atoms with Crippen molar-refractivity contribution in [1.82, 2.24) is 20.5 Å². The zero-order valence-corrected chi connectivity index (χ0v) is 26.5. The molecule has 5 rings (SSSR count). The summed E-state index contributed by atoms with van der Waals surface area (Å²) in [7, 11) is 0. The molecular formula is C36H49N7O. The molecular weight excluding hydrogens is 546 g/mol. The SMILES string of the molecule is C=N.CC=C(C)C.N=C(CNC(=O)C1(N)CCNCC1)N(CCCc1c[nH]c2ccccc12)Cc1cccc2ccccc12. The number of aromatic nitrogens is 1. The van der Waals surface area contributed by atoms with Crippen molar-refractivity contribution in [3.8, 4) is 0 Å². The molecule has 1 aromatic heterocycles. The van der Waals surface area contributed by atoms with Crippen molar-refractivity contribution in [3.05, 3.63) is 95.7 Å². The maximum atomic E-state index is 12.9. The van der Waals surface area contributed by atoms with Gasteiger partial charge in [-0.3, -0.25) is 10.2 Å². The normalized spacial score (nSPS) is 13.5. The molecule has 1 aliphatic heterocycles. The Bertz CT molecular complexity index is 1520. The van der Waals surface area contributed by atoms with E-state index in [0.29, 0.717) is 25.2 Å². The van der Waals surface area contributed by atoms with Crippen LogP contribution in [0.15, 0.2) is 84.6 Å². The molecule has 0 radical (unpaired) electrons. The fourth-order valence-corrected chi connectivity index (χ4v) is 5.30. The van der Waals surface area contributed by atoms with Gasteiger partial charge in [-0.1, -0.05) is 72.3 Å². The summed E-state index contributed by atoms with van der Waals surface area (Å²) in [6, 6.07) is 23.0. The van der Waals surface area contributed by atoms with Gasteiger partial charge in [0.15, 0.2) is 0 Å². The van der Waals surface area contributed by atoms with E-state index >= 15 is 0 Å². The fourth-order valence-electron chi connectivity index (χ4n) is 5.30. The summed E-state index contributed by atoms with van der Waals surface area (Å²) in [4.78, 5) is 18.3. The molecule has 1 amide bonds. The van der Waals surface area contributed by atoms with Gasteiger partial charge in [0.2, 0.25) is 5.91 Å². The van der Waals surface area contributed by atoms with Gasteiger partial charge >= 0.3 is 0 Å². The number of amides is 1. The average molecular weight is 596 g/mol. The molecule has 8 nitrogen and oxygen atoms in total. The zero-order chi connectivity index (χ0) is 32.0. The molecule has 1 saturated heterocycles. The molecule has 4 aromatic rings. The summed E-state index contributed by atoms with van der Waals surface area (Å²) in [6.07, 6.45) is 7.20. The lowest BCUT2D eigenvalue weighted by molar-refractivity contribution is -0.127.